The molecule has 1 aliphatic rings. The van der Waals surface area contributed by atoms with Crippen LogP contribution in [-0.2, 0) is 4.74 Å². The molecular formula is C20H21N3O5. The third-order valence-corrected chi connectivity index (χ3v) is 4.68. The Morgan fingerprint density at radius 2 is 1.89 bits per heavy atom. The number of hydrogen-bond acceptors (Lipinski definition) is 5. The lowest BCUT2D eigenvalue weighted by Gasteiger charge is -2.14. The average molecular weight is 383 g/mol. The van der Waals surface area contributed by atoms with Crippen LogP contribution in [0.2, 0.25) is 0 Å². The number of para-hydroxylation sites is 1. The first kappa shape index (κ1) is 19.5. The number of ether oxygens (including phenoxy) is 1. The van der Waals surface area contributed by atoms with Gasteiger partial charge in [-0.15, -0.1) is 0 Å². The Labute approximate surface area is 162 Å². The summed E-state index contributed by atoms with van der Waals surface area (Å²) in [4.78, 5) is 35.8. The summed E-state index contributed by atoms with van der Waals surface area (Å²) in [5.74, 6) is -0.831. The van der Waals surface area contributed by atoms with Gasteiger partial charge in [-0.3, -0.25) is 19.7 Å². The van der Waals surface area contributed by atoms with Gasteiger partial charge >= 0.3 is 0 Å². The van der Waals surface area contributed by atoms with E-state index in [4.69, 9.17) is 4.74 Å². The fourth-order valence-corrected chi connectivity index (χ4v) is 3.15. The highest BCUT2D eigenvalue weighted by atomic mass is 16.6. The molecule has 0 spiro atoms. The maximum atomic E-state index is 12.7. The molecular weight excluding hydrogens is 362 g/mol. The predicted molar refractivity (Wildman–Crippen MR) is 104 cm³/mol. The SMILES string of the molecule is Cc1c(C(=O)Nc2ccccc2C(=O)NCC2CCCO2)cccc1[N+](=O)[O-]. The summed E-state index contributed by atoms with van der Waals surface area (Å²) in [5.41, 5.74) is 0.976. The molecule has 2 N–H and O–H groups in total. The van der Waals surface area contributed by atoms with Crippen LogP contribution >= 0.6 is 0 Å². The van der Waals surface area contributed by atoms with Crippen molar-refractivity contribution in [3.05, 3.63) is 69.3 Å². The van der Waals surface area contributed by atoms with Gasteiger partial charge in [0.05, 0.1) is 22.3 Å². The van der Waals surface area contributed by atoms with Gasteiger partial charge < -0.3 is 15.4 Å². The number of amides is 2. The van der Waals surface area contributed by atoms with Crippen LogP contribution in [0.1, 0.15) is 39.1 Å². The Kier molecular flexibility index (Phi) is 6.00. The van der Waals surface area contributed by atoms with E-state index in [1.54, 1.807) is 24.3 Å². The van der Waals surface area contributed by atoms with Crippen molar-refractivity contribution in [2.24, 2.45) is 0 Å². The summed E-state index contributed by atoms with van der Waals surface area (Å²) in [5, 5.41) is 16.6. The number of benzene rings is 2. The molecule has 28 heavy (non-hydrogen) atoms. The molecule has 1 aliphatic heterocycles. The number of nitro groups is 1. The average Bonchev–Trinajstić information content (AvgIpc) is 3.20. The van der Waals surface area contributed by atoms with Gasteiger partial charge in [0.15, 0.2) is 0 Å². The number of carbonyl (C=O) groups excluding carboxylic acids is 2. The molecule has 3 rings (SSSR count). The van der Waals surface area contributed by atoms with Gasteiger partial charge in [-0.05, 0) is 38.0 Å². The first-order chi connectivity index (χ1) is 13.5. The number of rotatable bonds is 6. The molecule has 1 saturated heterocycles. The van der Waals surface area contributed by atoms with Crippen LogP contribution < -0.4 is 10.6 Å². The van der Waals surface area contributed by atoms with Crippen LogP contribution in [0.25, 0.3) is 0 Å². The summed E-state index contributed by atoms with van der Waals surface area (Å²) in [6, 6.07) is 10.9. The molecule has 0 radical (unpaired) electrons. The molecule has 2 aromatic carbocycles. The zero-order valence-electron chi connectivity index (χ0n) is 15.4. The topological polar surface area (TPSA) is 111 Å². The Morgan fingerprint density at radius 1 is 1.14 bits per heavy atom. The third-order valence-electron chi connectivity index (χ3n) is 4.68. The van der Waals surface area contributed by atoms with Gasteiger partial charge in [0, 0.05) is 30.3 Å². The van der Waals surface area contributed by atoms with E-state index in [0.29, 0.717) is 24.4 Å². The van der Waals surface area contributed by atoms with Crippen molar-refractivity contribution in [3.8, 4) is 0 Å². The van der Waals surface area contributed by atoms with Crippen LogP contribution in [0.5, 0.6) is 0 Å². The highest BCUT2D eigenvalue weighted by Gasteiger charge is 2.21. The molecule has 1 unspecified atom stereocenters. The Bertz CT molecular complexity index is 906. The minimum atomic E-state index is -0.529. The highest BCUT2D eigenvalue weighted by Crippen LogP contribution is 2.23. The van der Waals surface area contributed by atoms with Crippen molar-refractivity contribution in [2.45, 2.75) is 25.9 Å². The summed E-state index contributed by atoms with van der Waals surface area (Å²) in [6.45, 7) is 2.63. The van der Waals surface area contributed by atoms with Crippen molar-refractivity contribution in [1.29, 1.82) is 0 Å². The zero-order valence-corrected chi connectivity index (χ0v) is 15.4. The van der Waals surface area contributed by atoms with Crippen LogP contribution in [-0.4, -0.2) is 36.0 Å². The standard InChI is InChI=1S/C20H21N3O5/c1-13-15(8-4-10-18(13)23(26)27)20(25)22-17-9-3-2-7-16(17)19(24)21-12-14-6-5-11-28-14/h2-4,7-10,14H,5-6,11-12H2,1H3,(H,21,24)(H,22,25). The van der Waals surface area contributed by atoms with Crippen LogP contribution in [0.15, 0.2) is 42.5 Å². The molecule has 8 heteroatoms. The lowest BCUT2D eigenvalue weighted by molar-refractivity contribution is -0.385. The molecule has 2 amide bonds. The smallest absolute Gasteiger partial charge is 0.273 e. The fourth-order valence-electron chi connectivity index (χ4n) is 3.15. The molecule has 1 fully saturated rings. The number of anilines is 1. The minimum absolute atomic E-state index is 0.0122. The highest BCUT2D eigenvalue weighted by molar-refractivity contribution is 6.09. The lowest BCUT2D eigenvalue weighted by Crippen LogP contribution is -2.32. The van der Waals surface area contributed by atoms with E-state index < -0.39 is 10.8 Å². The minimum Gasteiger partial charge on any atom is -0.376 e. The van der Waals surface area contributed by atoms with Crippen LogP contribution in [0.4, 0.5) is 11.4 Å². The number of hydrogen-bond donors (Lipinski definition) is 2. The Morgan fingerprint density at radius 3 is 2.61 bits per heavy atom. The quantitative estimate of drug-likeness (QED) is 0.588. The molecule has 146 valence electrons. The molecule has 1 heterocycles. The molecule has 8 nitrogen and oxygen atoms in total. The van der Waals surface area contributed by atoms with E-state index >= 15 is 0 Å². The van der Waals surface area contributed by atoms with Gasteiger partial charge in [-0.1, -0.05) is 18.2 Å². The molecule has 0 aromatic heterocycles. The Balaban J connectivity index is 1.76. The van der Waals surface area contributed by atoms with E-state index in [1.807, 2.05) is 0 Å². The van der Waals surface area contributed by atoms with Crippen LogP contribution in [0, 0.1) is 17.0 Å². The fraction of sp³-hybridized carbons (Fsp3) is 0.300. The van der Waals surface area contributed by atoms with E-state index in [0.717, 1.165) is 12.8 Å². The molecule has 1 atom stereocenters. The predicted octanol–water partition coefficient (Wildman–Crippen LogP) is 3.06. The van der Waals surface area contributed by atoms with Gasteiger partial charge in [0.25, 0.3) is 17.5 Å². The van der Waals surface area contributed by atoms with Crippen molar-refractivity contribution in [2.75, 3.05) is 18.5 Å². The third kappa shape index (κ3) is 4.34. The van der Waals surface area contributed by atoms with Crippen molar-refractivity contribution in [1.82, 2.24) is 5.32 Å². The molecule has 0 bridgehead atoms. The lowest BCUT2D eigenvalue weighted by atomic mass is 10.1. The maximum Gasteiger partial charge on any atom is 0.273 e. The van der Waals surface area contributed by atoms with E-state index in [2.05, 4.69) is 10.6 Å². The molecule has 0 aliphatic carbocycles. The van der Waals surface area contributed by atoms with Gasteiger partial charge in [0.1, 0.15) is 0 Å². The van der Waals surface area contributed by atoms with Crippen molar-refractivity contribution < 1.29 is 19.2 Å². The van der Waals surface area contributed by atoms with Crippen LogP contribution in [0.3, 0.4) is 0 Å². The number of nitro benzene ring substituents is 1. The second-order valence-electron chi connectivity index (χ2n) is 6.55. The number of carbonyl (C=O) groups is 2. The first-order valence-electron chi connectivity index (χ1n) is 9.01. The van der Waals surface area contributed by atoms with Gasteiger partial charge in [-0.2, -0.15) is 0 Å². The normalized spacial score (nSPS) is 15.8. The first-order valence-corrected chi connectivity index (χ1v) is 9.01. The second-order valence-corrected chi connectivity index (χ2v) is 6.55. The molecule has 0 saturated carbocycles. The summed E-state index contributed by atoms with van der Waals surface area (Å²) in [7, 11) is 0. The summed E-state index contributed by atoms with van der Waals surface area (Å²) >= 11 is 0. The number of nitrogens with one attached hydrogen (secondary N) is 2. The monoisotopic (exact) mass is 383 g/mol. The number of nitrogens with zero attached hydrogens (tertiary/aromatic N) is 1. The molecule has 2 aromatic rings. The van der Waals surface area contributed by atoms with E-state index in [-0.39, 0.29) is 28.8 Å². The summed E-state index contributed by atoms with van der Waals surface area (Å²) < 4.78 is 5.50. The van der Waals surface area contributed by atoms with Gasteiger partial charge in [0.2, 0.25) is 0 Å². The van der Waals surface area contributed by atoms with E-state index in [9.17, 15) is 19.7 Å². The second kappa shape index (κ2) is 8.62. The zero-order chi connectivity index (χ0) is 20.1. The van der Waals surface area contributed by atoms with E-state index in [1.165, 1.54) is 25.1 Å². The largest absolute Gasteiger partial charge is 0.376 e. The van der Waals surface area contributed by atoms with Crippen molar-refractivity contribution >= 4 is 23.2 Å². The van der Waals surface area contributed by atoms with Gasteiger partial charge in [-0.25, -0.2) is 0 Å². The Hall–Kier alpha value is -3.26. The maximum absolute atomic E-state index is 12.7. The summed E-state index contributed by atoms with van der Waals surface area (Å²) in [6.07, 6.45) is 1.90. The van der Waals surface area contributed by atoms with Crippen molar-refractivity contribution in [3.63, 3.8) is 0 Å².